The highest BCUT2D eigenvalue weighted by Crippen LogP contribution is 2.24. The first kappa shape index (κ1) is 20.1. The zero-order valence-electron chi connectivity index (χ0n) is 15.8. The van der Waals surface area contributed by atoms with Gasteiger partial charge in [-0.1, -0.05) is 24.6 Å². The van der Waals surface area contributed by atoms with Gasteiger partial charge in [0.25, 0.3) is 5.91 Å². The fraction of sp³-hybridized carbons (Fsp3) is 0.333. The fourth-order valence-electron chi connectivity index (χ4n) is 3.30. The second-order valence-corrected chi connectivity index (χ2v) is 8.85. The third-order valence-corrected chi connectivity index (χ3v) is 6.93. The van der Waals surface area contributed by atoms with Gasteiger partial charge in [-0.2, -0.15) is 9.57 Å². The van der Waals surface area contributed by atoms with Crippen LogP contribution in [0.2, 0.25) is 0 Å². The van der Waals surface area contributed by atoms with Gasteiger partial charge in [-0.05, 0) is 55.2 Å². The van der Waals surface area contributed by atoms with Gasteiger partial charge in [0.15, 0.2) is 0 Å². The molecule has 2 aromatic carbocycles. The van der Waals surface area contributed by atoms with Crippen molar-refractivity contribution in [3.8, 4) is 6.07 Å². The number of rotatable bonds is 5. The zero-order valence-corrected chi connectivity index (χ0v) is 16.6. The molecule has 1 amide bonds. The van der Waals surface area contributed by atoms with Gasteiger partial charge >= 0.3 is 0 Å². The summed E-state index contributed by atoms with van der Waals surface area (Å²) in [4.78, 5) is 12.7. The second-order valence-electron chi connectivity index (χ2n) is 6.94. The average Bonchev–Trinajstić information content (AvgIpc) is 2.73. The van der Waals surface area contributed by atoms with Crippen LogP contribution in [0.3, 0.4) is 0 Å². The van der Waals surface area contributed by atoms with Crippen molar-refractivity contribution in [2.45, 2.75) is 37.6 Å². The van der Waals surface area contributed by atoms with E-state index in [0.717, 1.165) is 24.8 Å². The van der Waals surface area contributed by atoms with E-state index in [2.05, 4.69) is 11.4 Å². The molecule has 1 heterocycles. The summed E-state index contributed by atoms with van der Waals surface area (Å²) in [5.41, 5.74) is 2.26. The lowest BCUT2D eigenvalue weighted by atomic mass is 10.1. The van der Waals surface area contributed by atoms with Gasteiger partial charge in [-0.3, -0.25) is 4.79 Å². The third-order valence-electron chi connectivity index (χ3n) is 4.89. The minimum absolute atomic E-state index is 0.188. The molecule has 3 rings (SSSR count). The molecule has 0 spiro atoms. The monoisotopic (exact) mass is 397 g/mol. The maximum Gasteiger partial charge on any atom is 0.251 e. The summed E-state index contributed by atoms with van der Waals surface area (Å²) in [6, 6.07) is 13.8. The summed E-state index contributed by atoms with van der Waals surface area (Å²) in [6.07, 6.45) is 2.76. The van der Waals surface area contributed by atoms with Crippen LogP contribution in [-0.2, 0) is 16.6 Å². The molecule has 0 aliphatic carbocycles. The molecule has 1 fully saturated rings. The van der Waals surface area contributed by atoms with Gasteiger partial charge in [0.2, 0.25) is 10.0 Å². The van der Waals surface area contributed by atoms with Gasteiger partial charge < -0.3 is 5.32 Å². The highest BCUT2D eigenvalue weighted by atomic mass is 32.2. The van der Waals surface area contributed by atoms with E-state index in [1.807, 2.05) is 6.07 Å². The lowest BCUT2D eigenvalue weighted by molar-refractivity contribution is 0.0950. The van der Waals surface area contributed by atoms with Gasteiger partial charge in [0.1, 0.15) is 0 Å². The number of nitrogens with one attached hydrogen (secondary N) is 1. The van der Waals surface area contributed by atoms with Crippen molar-refractivity contribution < 1.29 is 13.2 Å². The van der Waals surface area contributed by atoms with E-state index >= 15 is 0 Å². The average molecular weight is 398 g/mol. The van der Waals surface area contributed by atoms with Crippen LogP contribution in [0.4, 0.5) is 0 Å². The maximum atomic E-state index is 13.0. The Kier molecular flexibility index (Phi) is 6.12. The molecule has 0 unspecified atom stereocenters. The molecular weight excluding hydrogens is 374 g/mol. The first-order valence-corrected chi connectivity index (χ1v) is 10.7. The fourth-order valence-corrected chi connectivity index (χ4v) is 5.07. The molecule has 1 aliphatic rings. The van der Waals surface area contributed by atoms with Crippen LogP contribution in [0, 0.1) is 18.3 Å². The molecule has 1 aliphatic heterocycles. The van der Waals surface area contributed by atoms with Crippen LogP contribution in [0.15, 0.2) is 47.4 Å². The molecule has 0 saturated carbocycles. The lowest BCUT2D eigenvalue weighted by Gasteiger charge is -2.26. The predicted molar refractivity (Wildman–Crippen MR) is 106 cm³/mol. The number of hydrogen-bond donors (Lipinski definition) is 1. The Labute approximate surface area is 165 Å². The molecule has 0 aromatic heterocycles. The number of carbonyl (C=O) groups excluding carboxylic acids is 1. The Bertz CT molecular complexity index is 1020. The molecule has 2 aromatic rings. The van der Waals surface area contributed by atoms with E-state index < -0.39 is 10.0 Å². The van der Waals surface area contributed by atoms with Crippen LogP contribution < -0.4 is 5.32 Å². The minimum Gasteiger partial charge on any atom is -0.348 e. The quantitative estimate of drug-likeness (QED) is 0.840. The number of carbonyl (C=O) groups is 1. The van der Waals surface area contributed by atoms with Gasteiger partial charge in [-0.15, -0.1) is 0 Å². The molecule has 146 valence electrons. The highest BCUT2D eigenvalue weighted by Gasteiger charge is 2.28. The SMILES string of the molecule is Cc1ccc(C(=O)NCc2cccc(C#N)c2)cc1S(=O)(=O)N1CCCCC1. The van der Waals surface area contributed by atoms with Gasteiger partial charge in [-0.25, -0.2) is 8.42 Å². The summed E-state index contributed by atoms with van der Waals surface area (Å²) in [6.45, 7) is 3.04. The third kappa shape index (κ3) is 4.41. The Morgan fingerprint density at radius 3 is 2.61 bits per heavy atom. The molecule has 0 atom stereocenters. The highest BCUT2D eigenvalue weighted by molar-refractivity contribution is 7.89. The van der Waals surface area contributed by atoms with E-state index in [1.54, 1.807) is 37.3 Å². The zero-order chi connectivity index (χ0) is 20.1. The molecule has 7 heteroatoms. The summed E-state index contributed by atoms with van der Waals surface area (Å²) in [5, 5.41) is 11.7. The van der Waals surface area contributed by atoms with Crippen LogP contribution in [0.25, 0.3) is 0 Å². The molecule has 0 bridgehead atoms. The molecule has 28 heavy (non-hydrogen) atoms. The van der Waals surface area contributed by atoms with Crippen LogP contribution in [-0.4, -0.2) is 31.7 Å². The van der Waals surface area contributed by atoms with Crippen molar-refractivity contribution in [1.29, 1.82) is 5.26 Å². The van der Waals surface area contributed by atoms with Crippen LogP contribution in [0.1, 0.15) is 46.3 Å². The Morgan fingerprint density at radius 2 is 1.89 bits per heavy atom. The number of nitrogens with zero attached hydrogens (tertiary/aromatic N) is 2. The number of amides is 1. The number of piperidine rings is 1. The summed E-state index contributed by atoms with van der Waals surface area (Å²) in [5.74, 6) is -0.350. The molecule has 1 N–H and O–H groups in total. The number of nitriles is 1. The summed E-state index contributed by atoms with van der Waals surface area (Å²) < 4.78 is 27.5. The number of benzene rings is 2. The lowest BCUT2D eigenvalue weighted by Crippen LogP contribution is -2.36. The Balaban J connectivity index is 1.78. The van der Waals surface area contributed by atoms with Crippen molar-refractivity contribution >= 4 is 15.9 Å². The smallest absolute Gasteiger partial charge is 0.251 e. The number of aryl methyl sites for hydroxylation is 1. The largest absolute Gasteiger partial charge is 0.348 e. The molecule has 1 saturated heterocycles. The van der Waals surface area contributed by atoms with Crippen molar-refractivity contribution in [2.75, 3.05) is 13.1 Å². The van der Waals surface area contributed by atoms with E-state index in [0.29, 0.717) is 29.8 Å². The predicted octanol–water partition coefficient (Wildman–Crippen LogP) is 2.97. The summed E-state index contributed by atoms with van der Waals surface area (Å²) >= 11 is 0. The summed E-state index contributed by atoms with van der Waals surface area (Å²) in [7, 11) is -3.61. The Morgan fingerprint density at radius 1 is 1.14 bits per heavy atom. The van der Waals surface area contributed by atoms with Crippen molar-refractivity contribution in [3.05, 3.63) is 64.7 Å². The van der Waals surface area contributed by atoms with Gasteiger partial charge in [0, 0.05) is 25.2 Å². The number of hydrogen-bond acceptors (Lipinski definition) is 4. The van der Waals surface area contributed by atoms with E-state index in [9.17, 15) is 13.2 Å². The first-order valence-electron chi connectivity index (χ1n) is 9.30. The van der Waals surface area contributed by atoms with Crippen molar-refractivity contribution in [1.82, 2.24) is 9.62 Å². The number of sulfonamides is 1. The molecule has 6 nitrogen and oxygen atoms in total. The normalized spacial score (nSPS) is 15.0. The molecular formula is C21H23N3O3S. The van der Waals surface area contributed by atoms with Crippen molar-refractivity contribution in [2.24, 2.45) is 0 Å². The van der Waals surface area contributed by atoms with E-state index in [4.69, 9.17) is 5.26 Å². The van der Waals surface area contributed by atoms with E-state index in [-0.39, 0.29) is 17.3 Å². The molecule has 0 radical (unpaired) electrons. The minimum atomic E-state index is -3.61. The van der Waals surface area contributed by atoms with Crippen LogP contribution in [0.5, 0.6) is 0 Å². The van der Waals surface area contributed by atoms with Gasteiger partial charge in [0.05, 0.1) is 16.5 Å². The second kappa shape index (κ2) is 8.55. The Hall–Kier alpha value is -2.69. The topological polar surface area (TPSA) is 90.3 Å². The van der Waals surface area contributed by atoms with E-state index in [1.165, 1.54) is 10.4 Å². The van der Waals surface area contributed by atoms with Crippen LogP contribution >= 0.6 is 0 Å². The maximum absolute atomic E-state index is 13.0. The van der Waals surface area contributed by atoms with Crippen molar-refractivity contribution in [3.63, 3.8) is 0 Å². The standard InChI is InChI=1S/C21H23N3O3S/c1-16-8-9-19(13-20(16)28(26,27)24-10-3-2-4-11-24)21(25)23-15-18-7-5-6-17(12-18)14-22/h5-9,12-13H,2-4,10-11,15H2,1H3,(H,23,25). The first-order chi connectivity index (χ1) is 13.4.